The van der Waals surface area contributed by atoms with Crippen molar-refractivity contribution in [3.05, 3.63) is 86.9 Å². The van der Waals surface area contributed by atoms with E-state index in [-0.39, 0.29) is 21.8 Å². The van der Waals surface area contributed by atoms with Gasteiger partial charge >= 0.3 is 11.9 Å². The summed E-state index contributed by atoms with van der Waals surface area (Å²) in [6.07, 6.45) is 2.50. The van der Waals surface area contributed by atoms with Crippen LogP contribution in [0.4, 0.5) is 5.69 Å². The van der Waals surface area contributed by atoms with E-state index in [0.29, 0.717) is 16.1 Å². The van der Waals surface area contributed by atoms with Crippen LogP contribution in [0.2, 0.25) is 10.0 Å². The van der Waals surface area contributed by atoms with E-state index in [9.17, 15) is 33.6 Å². The number of amides is 2. The van der Waals surface area contributed by atoms with Gasteiger partial charge in [-0.3, -0.25) is 9.59 Å². The number of benzene rings is 3. The Hall–Kier alpha value is -3.73. The van der Waals surface area contributed by atoms with Crippen molar-refractivity contribution < 1.29 is 33.6 Å². The highest BCUT2D eigenvalue weighted by Crippen LogP contribution is 2.33. The van der Waals surface area contributed by atoms with Crippen LogP contribution in [0.5, 0.6) is 0 Å². The van der Waals surface area contributed by atoms with Gasteiger partial charge in [-0.05, 0) is 48.0 Å². The van der Waals surface area contributed by atoms with Gasteiger partial charge in [0.1, 0.15) is 0 Å². The number of carbonyl (C=O) groups excluding carboxylic acids is 2. The smallest absolute Gasteiger partial charge is 0.337 e. The number of rotatable bonds is 6. The standard InChI is InChI=1S/C24H18Cl2N2O7S/c1-36(2,35)28-21(29)13-4-6-16(23(31)32)18(9-13)22(30)27-20-10-12(3-7-17(20)24(33)34)15-8-5-14(25)11-19(15)26/h3-11H,1-2H3,(H,27,30)(H,31,32)(H,33,34). The van der Waals surface area contributed by atoms with Crippen molar-refractivity contribution in [2.45, 2.75) is 0 Å². The SMILES string of the molecule is CS(C)(=O)=NC(=O)c1ccc(C(=O)O)c(C(=O)Nc2cc(-c3ccc(Cl)cc3Cl)ccc2C(=O)O)c1. The lowest BCUT2D eigenvalue weighted by Crippen LogP contribution is -2.19. The van der Waals surface area contributed by atoms with Gasteiger partial charge < -0.3 is 15.5 Å². The molecule has 0 spiro atoms. The predicted octanol–water partition coefficient (Wildman–Crippen LogP) is 5.18. The summed E-state index contributed by atoms with van der Waals surface area (Å²) in [7, 11) is -2.81. The molecule has 3 aromatic carbocycles. The fraction of sp³-hybridized carbons (Fsp3) is 0.0833. The zero-order valence-electron chi connectivity index (χ0n) is 18.7. The van der Waals surface area contributed by atoms with E-state index < -0.39 is 44.6 Å². The Morgan fingerprint density at radius 2 is 1.47 bits per heavy atom. The Kier molecular flexibility index (Phi) is 7.83. The minimum Gasteiger partial charge on any atom is -0.478 e. The number of carbonyl (C=O) groups is 4. The number of anilines is 1. The molecule has 0 aliphatic heterocycles. The molecule has 0 bridgehead atoms. The summed E-state index contributed by atoms with van der Waals surface area (Å²) >= 11 is 12.2. The molecular weight excluding hydrogens is 531 g/mol. The van der Waals surface area contributed by atoms with Crippen molar-refractivity contribution in [3.63, 3.8) is 0 Å². The molecule has 0 heterocycles. The van der Waals surface area contributed by atoms with E-state index in [0.717, 1.165) is 18.2 Å². The third-order valence-corrected chi connectivity index (χ3v) is 5.94. The van der Waals surface area contributed by atoms with E-state index in [4.69, 9.17) is 23.2 Å². The third-order valence-electron chi connectivity index (χ3n) is 4.78. The topological polar surface area (TPSA) is 150 Å². The Bertz CT molecular complexity index is 1550. The second-order valence-electron chi connectivity index (χ2n) is 7.79. The summed E-state index contributed by atoms with van der Waals surface area (Å²) in [4.78, 5) is 49.0. The minimum absolute atomic E-state index is 0.140. The summed E-state index contributed by atoms with van der Waals surface area (Å²) in [5, 5.41) is 22.2. The first kappa shape index (κ1) is 26.9. The van der Waals surface area contributed by atoms with E-state index in [1.165, 1.54) is 36.8 Å². The number of aromatic carboxylic acids is 2. The lowest BCUT2D eigenvalue weighted by molar-refractivity contribution is 0.0684. The van der Waals surface area contributed by atoms with Crippen molar-refractivity contribution in [2.75, 3.05) is 17.8 Å². The Morgan fingerprint density at radius 1 is 0.833 bits per heavy atom. The molecule has 186 valence electrons. The van der Waals surface area contributed by atoms with Gasteiger partial charge in [-0.15, -0.1) is 0 Å². The number of hydrogen-bond donors (Lipinski definition) is 3. The van der Waals surface area contributed by atoms with E-state index in [1.807, 2.05) is 0 Å². The molecule has 3 N–H and O–H groups in total. The maximum absolute atomic E-state index is 13.1. The Labute approximate surface area is 215 Å². The van der Waals surface area contributed by atoms with E-state index in [2.05, 4.69) is 9.68 Å². The monoisotopic (exact) mass is 548 g/mol. The molecule has 0 fully saturated rings. The summed E-state index contributed by atoms with van der Waals surface area (Å²) in [5.41, 5.74) is -0.468. The number of halogens is 2. The average Bonchev–Trinajstić information content (AvgIpc) is 2.77. The molecule has 0 aliphatic carbocycles. The average molecular weight is 549 g/mol. The summed E-state index contributed by atoms with van der Waals surface area (Å²) < 4.78 is 15.4. The van der Waals surface area contributed by atoms with Crippen LogP contribution in [0.1, 0.15) is 41.4 Å². The van der Waals surface area contributed by atoms with Gasteiger partial charge in [0.2, 0.25) is 0 Å². The van der Waals surface area contributed by atoms with Gasteiger partial charge in [0.15, 0.2) is 0 Å². The lowest BCUT2D eigenvalue weighted by Gasteiger charge is -2.13. The Balaban J connectivity index is 2.09. The van der Waals surface area contributed by atoms with Crippen molar-refractivity contribution in [2.24, 2.45) is 4.36 Å². The van der Waals surface area contributed by atoms with Gasteiger partial charge in [0.05, 0.1) is 22.4 Å². The molecular formula is C24H18Cl2N2O7S. The molecule has 0 aliphatic rings. The maximum Gasteiger partial charge on any atom is 0.337 e. The van der Waals surface area contributed by atoms with Crippen molar-refractivity contribution in [1.82, 2.24) is 0 Å². The van der Waals surface area contributed by atoms with Crippen LogP contribution in [0.15, 0.2) is 59.0 Å². The summed E-state index contributed by atoms with van der Waals surface area (Å²) in [6.45, 7) is 0. The summed E-state index contributed by atoms with van der Waals surface area (Å²) in [6, 6.07) is 12.0. The number of carboxylic acids is 2. The quantitative estimate of drug-likeness (QED) is 0.384. The first-order valence-electron chi connectivity index (χ1n) is 10.00. The molecule has 3 rings (SSSR count). The largest absolute Gasteiger partial charge is 0.478 e. The van der Waals surface area contributed by atoms with Gasteiger partial charge in [-0.25, -0.2) is 13.8 Å². The second-order valence-corrected chi connectivity index (χ2v) is 11.2. The van der Waals surface area contributed by atoms with Gasteiger partial charge in [0.25, 0.3) is 11.8 Å². The van der Waals surface area contributed by atoms with Crippen LogP contribution in [0, 0.1) is 0 Å². The minimum atomic E-state index is -2.81. The molecule has 0 aromatic heterocycles. The fourth-order valence-electron chi connectivity index (χ4n) is 3.22. The summed E-state index contributed by atoms with van der Waals surface area (Å²) in [5.74, 6) is -4.69. The number of carboxylic acid groups (broad SMARTS) is 2. The molecule has 0 unspecified atom stereocenters. The van der Waals surface area contributed by atoms with E-state index in [1.54, 1.807) is 12.1 Å². The number of nitrogens with one attached hydrogen (secondary N) is 1. The fourth-order valence-corrected chi connectivity index (χ4v) is 4.24. The predicted molar refractivity (Wildman–Crippen MR) is 137 cm³/mol. The molecule has 36 heavy (non-hydrogen) atoms. The highest BCUT2D eigenvalue weighted by Gasteiger charge is 2.22. The maximum atomic E-state index is 13.1. The third kappa shape index (κ3) is 6.28. The van der Waals surface area contributed by atoms with Crippen LogP contribution in [-0.2, 0) is 9.73 Å². The van der Waals surface area contributed by atoms with Crippen molar-refractivity contribution in [1.29, 1.82) is 0 Å². The van der Waals surface area contributed by atoms with Crippen LogP contribution in [0.3, 0.4) is 0 Å². The van der Waals surface area contributed by atoms with Crippen LogP contribution >= 0.6 is 23.2 Å². The molecule has 12 heteroatoms. The second kappa shape index (κ2) is 10.5. The Morgan fingerprint density at radius 3 is 2.06 bits per heavy atom. The van der Waals surface area contributed by atoms with Crippen molar-refractivity contribution >= 4 is 62.4 Å². The molecule has 0 atom stereocenters. The number of hydrogen-bond acceptors (Lipinski definition) is 5. The van der Waals surface area contributed by atoms with Gasteiger partial charge in [-0.1, -0.05) is 35.3 Å². The molecule has 0 saturated carbocycles. The highest BCUT2D eigenvalue weighted by atomic mass is 35.5. The van der Waals surface area contributed by atoms with Crippen LogP contribution < -0.4 is 5.32 Å². The zero-order valence-corrected chi connectivity index (χ0v) is 21.1. The van der Waals surface area contributed by atoms with Crippen LogP contribution in [-0.4, -0.2) is 50.7 Å². The molecule has 0 radical (unpaired) electrons. The molecule has 3 aromatic rings. The van der Waals surface area contributed by atoms with Gasteiger partial charge in [0, 0.05) is 43.4 Å². The highest BCUT2D eigenvalue weighted by molar-refractivity contribution is 7.92. The lowest BCUT2D eigenvalue weighted by atomic mass is 10.0. The molecule has 0 saturated heterocycles. The number of nitrogens with zero attached hydrogens (tertiary/aromatic N) is 1. The first-order valence-corrected chi connectivity index (χ1v) is 13.1. The van der Waals surface area contributed by atoms with Crippen molar-refractivity contribution in [3.8, 4) is 11.1 Å². The van der Waals surface area contributed by atoms with Gasteiger partial charge in [-0.2, -0.15) is 4.36 Å². The van der Waals surface area contributed by atoms with Crippen LogP contribution in [0.25, 0.3) is 11.1 Å². The van der Waals surface area contributed by atoms with E-state index >= 15 is 0 Å². The zero-order chi connectivity index (χ0) is 26.8. The first-order chi connectivity index (χ1) is 16.8. The molecule has 9 nitrogen and oxygen atoms in total. The normalized spacial score (nSPS) is 11.0. The molecule has 2 amide bonds.